The number of benzene rings is 2. The van der Waals surface area contributed by atoms with Crippen molar-refractivity contribution < 1.29 is 28.6 Å². The molecule has 0 unspecified atom stereocenters. The first-order chi connectivity index (χ1) is 20.2. The van der Waals surface area contributed by atoms with Crippen molar-refractivity contribution in [3.63, 3.8) is 0 Å². The van der Waals surface area contributed by atoms with E-state index in [0.717, 1.165) is 36.1 Å². The summed E-state index contributed by atoms with van der Waals surface area (Å²) in [4.78, 5) is 44.7. The Hall–Kier alpha value is -4.64. The number of carbonyl (C=O) groups is 2. The summed E-state index contributed by atoms with van der Waals surface area (Å²) in [5, 5.41) is 13.4. The number of likely N-dealkylation sites (N-methyl/N-ethyl adjacent to an activating group) is 1. The first-order valence-electron chi connectivity index (χ1n) is 13.9. The number of anilines is 1. The van der Waals surface area contributed by atoms with Crippen molar-refractivity contribution in [2.45, 2.75) is 38.6 Å². The number of carbonyl (C=O) groups excluding carboxylic acids is 1. The van der Waals surface area contributed by atoms with Crippen molar-refractivity contribution in [1.82, 2.24) is 15.2 Å². The van der Waals surface area contributed by atoms with Gasteiger partial charge in [-0.15, -0.1) is 0 Å². The first kappa shape index (κ1) is 28.9. The van der Waals surface area contributed by atoms with E-state index in [0.29, 0.717) is 52.3 Å². The van der Waals surface area contributed by atoms with Gasteiger partial charge >= 0.3 is 6.09 Å². The van der Waals surface area contributed by atoms with Gasteiger partial charge in [0.25, 0.3) is 0 Å². The van der Waals surface area contributed by atoms with E-state index in [1.165, 1.54) is 12.3 Å². The lowest BCUT2D eigenvalue weighted by Crippen LogP contribution is -2.43. The fourth-order valence-corrected chi connectivity index (χ4v) is 5.01. The van der Waals surface area contributed by atoms with Crippen molar-refractivity contribution in [3.8, 4) is 17.2 Å². The Balaban J connectivity index is 1.35. The molecule has 0 aliphatic heterocycles. The lowest BCUT2D eigenvalue weighted by Gasteiger charge is -2.19. The summed E-state index contributed by atoms with van der Waals surface area (Å²) in [6.07, 6.45) is 4.02. The Kier molecular flexibility index (Phi) is 8.58. The van der Waals surface area contributed by atoms with Crippen molar-refractivity contribution >= 4 is 39.8 Å². The molecule has 220 valence electrons. The molecular formula is C31H34N4O7. The number of rotatable bonds is 10. The van der Waals surface area contributed by atoms with Crippen molar-refractivity contribution in [2.24, 2.45) is 0 Å². The van der Waals surface area contributed by atoms with Crippen LogP contribution in [-0.4, -0.2) is 66.8 Å². The Bertz CT molecular complexity index is 1660. The molecule has 2 amide bonds. The number of nitrogens with one attached hydrogen (secondary N) is 1. The van der Waals surface area contributed by atoms with Crippen molar-refractivity contribution in [1.29, 1.82) is 0 Å². The van der Waals surface area contributed by atoms with Gasteiger partial charge in [-0.3, -0.25) is 14.5 Å². The fourth-order valence-electron chi connectivity index (χ4n) is 5.01. The summed E-state index contributed by atoms with van der Waals surface area (Å²) < 4.78 is 18.1. The lowest BCUT2D eigenvalue weighted by molar-refractivity contribution is -0.120. The van der Waals surface area contributed by atoms with Gasteiger partial charge in [0.1, 0.15) is 36.1 Å². The number of ether oxygens (including phenoxy) is 2. The molecule has 5 rings (SSSR count). The zero-order valence-electron chi connectivity index (χ0n) is 23.9. The van der Waals surface area contributed by atoms with Gasteiger partial charge in [-0.1, -0.05) is 12.8 Å². The standard InChI is InChI=1S/C31H34N4O7/c1-19-14-24-29(37)23-10-8-21(16-25(23)42-30(24)26(15-19)40-13-12-34(2)3)41-22-9-11-27(32-17-22)35(31(38)39)18-28(36)33-20-6-4-5-7-20/h8-11,14-17,20H,4-7,12-13,18H2,1-3H3,(H,33,36)(H,38,39). The summed E-state index contributed by atoms with van der Waals surface area (Å²) >= 11 is 0. The van der Waals surface area contributed by atoms with Crippen LogP contribution in [-0.2, 0) is 4.79 Å². The van der Waals surface area contributed by atoms with Gasteiger partial charge in [0.2, 0.25) is 11.3 Å². The monoisotopic (exact) mass is 574 g/mol. The topological polar surface area (TPSA) is 134 Å². The number of fused-ring (bicyclic) bond motifs is 2. The van der Waals surface area contributed by atoms with E-state index >= 15 is 0 Å². The summed E-state index contributed by atoms with van der Waals surface area (Å²) in [5.41, 5.74) is 1.42. The molecule has 2 aromatic carbocycles. The van der Waals surface area contributed by atoms with Crippen molar-refractivity contribution in [2.75, 3.05) is 38.7 Å². The van der Waals surface area contributed by atoms with Crippen LogP contribution < -0.4 is 25.1 Å². The molecule has 1 saturated carbocycles. The van der Waals surface area contributed by atoms with Gasteiger partial charge in [-0.25, -0.2) is 9.78 Å². The third kappa shape index (κ3) is 6.63. The van der Waals surface area contributed by atoms with Gasteiger partial charge in [0, 0.05) is 18.7 Å². The number of amides is 2. The van der Waals surface area contributed by atoms with Crippen LogP contribution in [0.4, 0.5) is 10.6 Å². The minimum Gasteiger partial charge on any atom is -0.488 e. The molecule has 0 atom stereocenters. The van der Waals surface area contributed by atoms with Crippen LogP contribution in [0.1, 0.15) is 31.2 Å². The molecule has 42 heavy (non-hydrogen) atoms. The predicted molar refractivity (Wildman–Crippen MR) is 159 cm³/mol. The van der Waals surface area contributed by atoms with Crippen LogP contribution in [0, 0.1) is 6.92 Å². The highest BCUT2D eigenvalue weighted by atomic mass is 16.5. The Morgan fingerprint density at radius 3 is 2.52 bits per heavy atom. The number of aryl methyl sites for hydroxylation is 1. The van der Waals surface area contributed by atoms with E-state index < -0.39 is 6.09 Å². The van der Waals surface area contributed by atoms with E-state index in [4.69, 9.17) is 13.9 Å². The maximum atomic E-state index is 13.3. The van der Waals surface area contributed by atoms with Gasteiger partial charge in [-0.05, 0) is 75.8 Å². The molecule has 0 radical (unpaired) electrons. The zero-order chi connectivity index (χ0) is 29.8. The minimum absolute atomic E-state index is 0.0903. The highest BCUT2D eigenvalue weighted by Gasteiger charge is 2.23. The summed E-state index contributed by atoms with van der Waals surface area (Å²) in [7, 11) is 3.91. The number of aromatic nitrogens is 1. The first-order valence-corrected chi connectivity index (χ1v) is 13.9. The third-order valence-electron chi connectivity index (χ3n) is 7.14. The van der Waals surface area contributed by atoms with E-state index in [1.54, 1.807) is 30.3 Å². The summed E-state index contributed by atoms with van der Waals surface area (Å²) in [5.74, 6) is 0.970. The second kappa shape index (κ2) is 12.5. The average Bonchev–Trinajstić information content (AvgIpc) is 3.45. The molecule has 4 aromatic rings. The molecule has 2 N–H and O–H groups in total. The molecule has 2 aromatic heterocycles. The largest absolute Gasteiger partial charge is 0.488 e. The van der Waals surface area contributed by atoms with Crippen LogP contribution in [0.2, 0.25) is 0 Å². The van der Waals surface area contributed by atoms with E-state index in [2.05, 4.69) is 10.3 Å². The van der Waals surface area contributed by atoms with Crippen LogP contribution >= 0.6 is 0 Å². The molecule has 0 spiro atoms. The highest BCUT2D eigenvalue weighted by Crippen LogP contribution is 2.31. The maximum absolute atomic E-state index is 13.3. The number of pyridine rings is 1. The molecule has 1 aliphatic carbocycles. The molecule has 11 nitrogen and oxygen atoms in total. The van der Waals surface area contributed by atoms with Gasteiger partial charge in [0.15, 0.2) is 11.3 Å². The number of nitrogens with zero attached hydrogens (tertiary/aromatic N) is 3. The lowest BCUT2D eigenvalue weighted by atomic mass is 10.1. The van der Waals surface area contributed by atoms with Crippen LogP contribution in [0.15, 0.2) is 57.9 Å². The zero-order valence-corrected chi connectivity index (χ0v) is 23.9. The second-order valence-corrected chi connectivity index (χ2v) is 10.8. The van der Waals surface area contributed by atoms with Gasteiger partial charge in [-0.2, -0.15) is 0 Å². The minimum atomic E-state index is -1.28. The normalized spacial score (nSPS) is 13.5. The molecule has 0 bridgehead atoms. The van der Waals surface area contributed by atoms with E-state index in [-0.39, 0.29) is 29.7 Å². The number of hydrogen-bond donors (Lipinski definition) is 2. The van der Waals surface area contributed by atoms with Crippen LogP contribution in [0.3, 0.4) is 0 Å². The van der Waals surface area contributed by atoms with Gasteiger partial charge < -0.3 is 29.2 Å². The fraction of sp³-hybridized carbons (Fsp3) is 0.355. The Morgan fingerprint density at radius 2 is 1.83 bits per heavy atom. The molecule has 1 fully saturated rings. The van der Waals surface area contributed by atoms with Crippen LogP contribution in [0.25, 0.3) is 21.9 Å². The Labute approximate surface area is 242 Å². The third-order valence-corrected chi connectivity index (χ3v) is 7.14. The van der Waals surface area contributed by atoms with Crippen molar-refractivity contribution in [3.05, 3.63) is 64.4 Å². The van der Waals surface area contributed by atoms with E-state index in [1.807, 2.05) is 32.0 Å². The SMILES string of the molecule is Cc1cc(OCCN(C)C)c2oc3cc(Oc4ccc(N(CC(=O)NC5CCCC5)C(=O)O)nc4)ccc3c(=O)c2c1. The highest BCUT2D eigenvalue weighted by molar-refractivity contribution is 5.94. The van der Waals surface area contributed by atoms with Crippen LogP contribution in [0.5, 0.6) is 17.2 Å². The summed E-state index contributed by atoms with van der Waals surface area (Å²) in [6, 6.07) is 11.7. The smallest absolute Gasteiger partial charge is 0.413 e. The van der Waals surface area contributed by atoms with Gasteiger partial charge in [0.05, 0.1) is 17.0 Å². The molecule has 1 aliphatic rings. The van der Waals surface area contributed by atoms with E-state index in [9.17, 15) is 19.5 Å². The molecule has 11 heteroatoms. The predicted octanol–water partition coefficient (Wildman–Crippen LogP) is 4.93. The molecular weight excluding hydrogens is 540 g/mol. The second-order valence-electron chi connectivity index (χ2n) is 10.8. The number of carboxylic acid groups (broad SMARTS) is 1. The number of hydrogen-bond acceptors (Lipinski definition) is 8. The Morgan fingerprint density at radius 1 is 1.07 bits per heavy atom. The molecule has 2 heterocycles. The maximum Gasteiger partial charge on any atom is 0.413 e. The average molecular weight is 575 g/mol. The molecule has 0 saturated heterocycles. The summed E-state index contributed by atoms with van der Waals surface area (Å²) in [6.45, 7) is 2.69. The quantitative estimate of drug-likeness (QED) is 0.253.